The van der Waals surface area contributed by atoms with E-state index in [1.165, 1.54) is 0 Å². The fourth-order valence-corrected chi connectivity index (χ4v) is 17.1. The minimum absolute atomic E-state index is 0.00148. The lowest BCUT2D eigenvalue weighted by Crippen LogP contribution is -1.90. The van der Waals surface area contributed by atoms with Gasteiger partial charge in [0.15, 0.2) is 0 Å². The van der Waals surface area contributed by atoms with Crippen LogP contribution in [0.5, 0.6) is 57.5 Å². The Kier molecular flexibility index (Phi) is 14.6. The van der Waals surface area contributed by atoms with Crippen LogP contribution in [0.15, 0.2) is 315 Å². The SMILES string of the molecule is Oc1ccc2ccccc2c1-c1c(O)ccc2cc(-c3ccc4c(-c5c(O)ccc6cc(-c7ccc8c(-c9c(O)ccc%10cc(-c%11ccc%12c(-c%13c(O)ccc%14cc(-c%15ccc%16c(-c%17c(O)ccc%18ccccc%17%18)c(O)ccc%16c%15)ccc%13%14)c(O)ccc%12c%11)ccc9%10)c(O)ccc8c7)ccc56)c(O)ccc4c3)ccc12. The molecule has 20 rings (SSSR count). The lowest BCUT2D eigenvalue weighted by molar-refractivity contribution is 0.470. The van der Waals surface area contributed by atoms with Gasteiger partial charge in [-0.15, -0.1) is 0 Å². The molecule has 522 valence electrons. The highest BCUT2D eigenvalue weighted by molar-refractivity contribution is 6.17. The molecule has 20 aromatic carbocycles. The molecule has 0 spiro atoms. The molecule has 110 heavy (non-hydrogen) atoms. The lowest BCUT2D eigenvalue weighted by atomic mass is 9.88. The molecule has 0 saturated carbocycles. The summed E-state index contributed by atoms with van der Waals surface area (Å²) in [4.78, 5) is 0. The molecule has 0 amide bonds. The minimum atomic E-state index is 0.00148. The predicted octanol–water partition coefficient (Wildman–Crippen LogP) is 25.3. The van der Waals surface area contributed by atoms with Crippen LogP contribution in [0.4, 0.5) is 0 Å². The van der Waals surface area contributed by atoms with Crippen molar-refractivity contribution in [3.05, 3.63) is 315 Å². The molecular weight excluding hydrogens is 1360 g/mol. The van der Waals surface area contributed by atoms with E-state index in [1.54, 1.807) is 60.7 Å². The first kappa shape index (κ1) is 64.6. The van der Waals surface area contributed by atoms with Crippen LogP contribution in [0.3, 0.4) is 0 Å². The van der Waals surface area contributed by atoms with Gasteiger partial charge in [0.1, 0.15) is 57.5 Å². The molecule has 10 heteroatoms. The molecule has 0 unspecified atom stereocenters. The normalized spacial score (nSPS) is 11.8. The van der Waals surface area contributed by atoms with E-state index >= 15 is 0 Å². The smallest absolute Gasteiger partial charge is 0.124 e. The van der Waals surface area contributed by atoms with Gasteiger partial charge >= 0.3 is 0 Å². The van der Waals surface area contributed by atoms with Gasteiger partial charge in [-0.05, 0) is 261 Å². The Morgan fingerprint density at radius 2 is 0.236 bits per heavy atom. The summed E-state index contributed by atoms with van der Waals surface area (Å²) < 4.78 is 0. The molecular formula is C100H62O10. The van der Waals surface area contributed by atoms with Crippen LogP contribution in [0.2, 0.25) is 0 Å². The minimum Gasteiger partial charge on any atom is -0.507 e. The van der Waals surface area contributed by atoms with Gasteiger partial charge in [-0.3, -0.25) is 0 Å². The second-order valence-electron chi connectivity index (χ2n) is 28.5. The van der Waals surface area contributed by atoms with E-state index in [0.29, 0.717) is 55.6 Å². The first-order valence-corrected chi connectivity index (χ1v) is 36.2. The molecule has 0 aromatic heterocycles. The Bertz CT molecular complexity index is 6980. The van der Waals surface area contributed by atoms with Crippen molar-refractivity contribution < 1.29 is 51.1 Å². The maximum absolute atomic E-state index is 11.9. The third kappa shape index (κ3) is 10.3. The Morgan fingerprint density at radius 3 is 0.391 bits per heavy atom. The summed E-state index contributed by atoms with van der Waals surface area (Å²) in [5, 5.41) is 132. The van der Waals surface area contributed by atoms with Crippen molar-refractivity contribution in [1.82, 2.24) is 0 Å². The van der Waals surface area contributed by atoms with E-state index in [2.05, 4.69) is 48.5 Å². The zero-order valence-corrected chi connectivity index (χ0v) is 58.5. The van der Waals surface area contributed by atoms with E-state index in [4.69, 9.17) is 0 Å². The second-order valence-corrected chi connectivity index (χ2v) is 28.5. The first-order valence-electron chi connectivity index (χ1n) is 36.2. The summed E-state index contributed by atoms with van der Waals surface area (Å²) in [5.74, 6) is 0.331. The van der Waals surface area contributed by atoms with Crippen molar-refractivity contribution in [3.63, 3.8) is 0 Å². The molecule has 10 N–H and O–H groups in total. The second kappa shape index (κ2) is 24.8. The highest BCUT2D eigenvalue weighted by Crippen LogP contribution is 2.53. The van der Waals surface area contributed by atoms with Crippen molar-refractivity contribution in [2.24, 2.45) is 0 Å². The van der Waals surface area contributed by atoms with Crippen LogP contribution in [0, 0.1) is 0 Å². The molecule has 0 radical (unpaired) electrons. The van der Waals surface area contributed by atoms with Gasteiger partial charge in [0.05, 0.1) is 0 Å². The van der Waals surface area contributed by atoms with Crippen LogP contribution >= 0.6 is 0 Å². The number of phenols is 10. The maximum atomic E-state index is 11.9. The van der Waals surface area contributed by atoms with Crippen LogP contribution in [0.1, 0.15) is 0 Å². The van der Waals surface area contributed by atoms with Crippen LogP contribution in [-0.2, 0) is 0 Å². The number of phenolic OH excluding ortho intramolecular Hbond substituents is 10. The fraction of sp³-hybridized carbons (Fsp3) is 0. The summed E-state index contributed by atoms with van der Waals surface area (Å²) in [7, 11) is 0. The van der Waals surface area contributed by atoms with Crippen LogP contribution in [-0.4, -0.2) is 51.1 Å². The first-order chi connectivity index (χ1) is 53.6. The van der Waals surface area contributed by atoms with Crippen molar-refractivity contribution in [3.8, 4) is 158 Å². The highest BCUT2D eigenvalue weighted by atomic mass is 16.3. The molecule has 0 aliphatic heterocycles. The Hall–Kier alpha value is -15.0. The highest BCUT2D eigenvalue weighted by Gasteiger charge is 2.25. The van der Waals surface area contributed by atoms with Gasteiger partial charge in [-0.2, -0.15) is 0 Å². The summed E-state index contributed by atoms with van der Waals surface area (Å²) in [6, 6.07) is 99.1. The summed E-state index contributed by atoms with van der Waals surface area (Å²) in [5.41, 5.74) is 12.4. The topological polar surface area (TPSA) is 202 Å². The van der Waals surface area contributed by atoms with Gasteiger partial charge < -0.3 is 51.1 Å². The molecule has 0 heterocycles. The molecule has 0 bridgehead atoms. The van der Waals surface area contributed by atoms with Gasteiger partial charge in [0.25, 0.3) is 0 Å². The molecule has 0 atom stereocenters. The number of aromatic hydroxyl groups is 10. The fourth-order valence-electron chi connectivity index (χ4n) is 17.1. The Morgan fingerprint density at radius 1 is 0.109 bits per heavy atom. The Labute approximate surface area is 628 Å². The third-order valence-electron chi connectivity index (χ3n) is 22.4. The van der Waals surface area contributed by atoms with Gasteiger partial charge in [-0.1, -0.05) is 206 Å². The molecule has 0 fully saturated rings. The summed E-state index contributed by atoms with van der Waals surface area (Å²) >= 11 is 0. The number of hydrogen-bond acceptors (Lipinski definition) is 10. The average Bonchev–Trinajstić information content (AvgIpc) is 0.761. The zero-order chi connectivity index (χ0) is 74.5. The van der Waals surface area contributed by atoms with Crippen LogP contribution < -0.4 is 0 Å². The lowest BCUT2D eigenvalue weighted by Gasteiger charge is -2.17. The van der Waals surface area contributed by atoms with E-state index in [0.717, 1.165) is 152 Å². The largest absolute Gasteiger partial charge is 0.507 e. The quantitative estimate of drug-likeness (QED) is 0.0663. The van der Waals surface area contributed by atoms with Crippen molar-refractivity contribution >= 4 is 108 Å². The van der Waals surface area contributed by atoms with Gasteiger partial charge in [0.2, 0.25) is 0 Å². The number of rotatable bonds is 9. The molecule has 10 nitrogen and oxygen atoms in total. The zero-order valence-electron chi connectivity index (χ0n) is 58.5. The molecule has 0 aliphatic carbocycles. The molecule has 0 saturated heterocycles. The van der Waals surface area contributed by atoms with E-state index in [1.807, 2.05) is 206 Å². The van der Waals surface area contributed by atoms with Crippen molar-refractivity contribution in [2.45, 2.75) is 0 Å². The summed E-state index contributed by atoms with van der Waals surface area (Å²) in [6.45, 7) is 0. The van der Waals surface area contributed by atoms with Crippen molar-refractivity contribution in [2.75, 3.05) is 0 Å². The summed E-state index contributed by atoms with van der Waals surface area (Å²) in [6.07, 6.45) is 0. The van der Waals surface area contributed by atoms with Crippen LogP contribution in [0.25, 0.3) is 208 Å². The molecule has 20 aromatic rings. The number of benzene rings is 20. The number of fused-ring (bicyclic) bond motifs is 10. The third-order valence-corrected chi connectivity index (χ3v) is 22.4. The van der Waals surface area contributed by atoms with Gasteiger partial charge in [0, 0.05) is 55.6 Å². The standard InChI is InChI=1S/C100H62O10/c101-81-35-17-53-5-1-3-7-71(53)91(81)93-73-27-9-55(45-63(73)19-37-83(93)103)57-11-29-75-65(47-57)21-39-85(105)95(75)97-77-31-13-59(49-67(77)23-41-87(97)107)61-15-33-79-69(51-61)25-43-89(109)99(79)100-80-34-16-62(52-70(80)26-44-90(100)110)60-14-32-78-68(50-60)24-42-88(108)98(78)96-76-30-12-58(48-66(76)22-40-86(96)106)56-10-28-74-64(46-56)20-38-84(104)94(74)92-72-8-4-2-6-54(72)18-36-82(92)102/h1-52,101-110H. The monoisotopic (exact) mass is 1420 g/mol. The molecule has 0 aliphatic rings. The van der Waals surface area contributed by atoms with E-state index in [-0.39, 0.29) is 57.5 Å². The van der Waals surface area contributed by atoms with Crippen molar-refractivity contribution in [1.29, 1.82) is 0 Å². The number of hydrogen-bond donors (Lipinski definition) is 10. The van der Waals surface area contributed by atoms with E-state index < -0.39 is 0 Å². The maximum Gasteiger partial charge on any atom is 0.124 e. The van der Waals surface area contributed by atoms with E-state index in [9.17, 15) is 51.1 Å². The van der Waals surface area contributed by atoms with Gasteiger partial charge in [-0.25, -0.2) is 0 Å². The average molecular weight is 1420 g/mol. The predicted molar refractivity (Wildman–Crippen MR) is 447 cm³/mol. The Balaban J connectivity index is 0.592.